The van der Waals surface area contributed by atoms with Crippen molar-refractivity contribution < 1.29 is 4.79 Å². The molecule has 4 heteroatoms. The number of rotatable bonds is 5. The third kappa shape index (κ3) is 2.77. The molecule has 108 valence electrons. The third-order valence-electron chi connectivity index (χ3n) is 3.91. The summed E-state index contributed by atoms with van der Waals surface area (Å²) in [6.45, 7) is 2.76. The predicted octanol–water partition coefficient (Wildman–Crippen LogP) is 3.93. The lowest BCUT2D eigenvalue weighted by Crippen LogP contribution is -2.35. The molecule has 0 spiro atoms. The minimum atomic E-state index is -0.149. The average Bonchev–Trinajstić information content (AvgIpc) is 3.14. The largest absolute Gasteiger partial charge is 0.360 e. The van der Waals surface area contributed by atoms with E-state index < -0.39 is 0 Å². The quantitative estimate of drug-likeness (QED) is 0.724. The molecule has 0 aliphatic carbocycles. The average molecular weight is 298 g/mol. The summed E-state index contributed by atoms with van der Waals surface area (Å²) in [4.78, 5) is 18.0. The van der Waals surface area contributed by atoms with Crippen LogP contribution in [0.25, 0.3) is 10.9 Å². The lowest BCUT2D eigenvalue weighted by atomic mass is 10.0. The molecule has 0 radical (unpaired) electrons. The molecular formula is C17H18N2OS. The molecule has 0 fully saturated rings. The van der Waals surface area contributed by atoms with Gasteiger partial charge < -0.3 is 4.98 Å². The number of likely N-dealkylation sites (N-methyl/N-ethyl adjacent to an activating group) is 1. The summed E-state index contributed by atoms with van der Waals surface area (Å²) < 4.78 is 0. The molecular weight excluding hydrogens is 280 g/mol. The minimum Gasteiger partial charge on any atom is -0.360 e. The van der Waals surface area contributed by atoms with Crippen molar-refractivity contribution in [3.05, 3.63) is 58.4 Å². The minimum absolute atomic E-state index is 0.149. The van der Waals surface area contributed by atoms with Crippen LogP contribution in [0.2, 0.25) is 0 Å². The molecule has 21 heavy (non-hydrogen) atoms. The second-order valence-electron chi connectivity index (χ2n) is 5.33. The van der Waals surface area contributed by atoms with Gasteiger partial charge in [-0.05, 0) is 42.4 Å². The van der Waals surface area contributed by atoms with Gasteiger partial charge in [0.2, 0.25) is 0 Å². The second-order valence-corrected chi connectivity index (χ2v) is 6.11. The van der Waals surface area contributed by atoms with Crippen LogP contribution in [0.4, 0.5) is 0 Å². The summed E-state index contributed by atoms with van der Waals surface area (Å²) in [5, 5.41) is 5.19. The highest BCUT2D eigenvalue weighted by Crippen LogP contribution is 2.21. The van der Waals surface area contributed by atoms with Gasteiger partial charge in [0.05, 0.1) is 6.04 Å². The number of benzene rings is 1. The normalized spacial score (nSPS) is 12.9. The van der Waals surface area contributed by atoms with Gasteiger partial charge in [0.1, 0.15) is 0 Å². The number of nitrogens with one attached hydrogen (secondary N) is 1. The summed E-state index contributed by atoms with van der Waals surface area (Å²) in [7, 11) is 2.00. The molecule has 0 saturated heterocycles. The first kappa shape index (κ1) is 14.0. The van der Waals surface area contributed by atoms with E-state index >= 15 is 0 Å². The Bertz CT molecular complexity index is 745. The van der Waals surface area contributed by atoms with Gasteiger partial charge in [-0.15, -0.1) is 0 Å². The summed E-state index contributed by atoms with van der Waals surface area (Å²) in [5.74, 6) is 0.158. The first-order valence-corrected chi connectivity index (χ1v) is 7.92. The van der Waals surface area contributed by atoms with E-state index in [-0.39, 0.29) is 11.8 Å². The summed E-state index contributed by atoms with van der Waals surface area (Å²) in [6.07, 6.45) is 1.82. The van der Waals surface area contributed by atoms with E-state index in [0.29, 0.717) is 0 Å². The van der Waals surface area contributed by atoms with E-state index in [1.807, 2.05) is 44.4 Å². The molecule has 1 atom stereocenters. The van der Waals surface area contributed by atoms with Gasteiger partial charge in [-0.25, -0.2) is 0 Å². The number of hydrogen-bond acceptors (Lipinski definition) is 3. The Hall–Kier alpha value is -1.91. The third-order valence-corrected chi connectivity index (χ3v) is 4.64. The number of thiophene rings is 1. The fourth-order valence-corrected chi connectivity index (χ4v) is 3.17. The van der Waals surface area contributed by atoms with E-state index in [1.165, 1.54) is 5.56 Å². The topological polar surface area (TPSA) is 36.1 Å². The van der Waals surface area contributed by atoms with Crippen molar-refractivity contribution in [1.82, 2.24) is 9.88 Å². The summed E-state index contributed by atoms with van der Waals surface area (Å²) >= 11 is 1.68. The second kappa shape index (κ2) is 5.84. The van der Waals surface area contributed by atoms with Gasteiger partial charge in [0.15, 0.2) is 5.78 Å². The van der Waals surface area contributed by atoms with E-state index in [9.17, 15) is 4.79 Å². The molecule has 0 aliphatic heterocycles. The number of ketones is 1. The number of para-hydroxylation sites is 1. The van der Waals surface area contributed by atoms with Crippen molar-refractivity contribution >= 4 is 28.0 Å². The van der Waals surface area contributed by atoms with Crippen molar-refractivity contribution in [2.24, 2.45) is 0 Å². The van der Waals surface area contributed by atoms with Gasteiger partial charge in [-0.3, -0.25) is 9.69 Å². The highest BCUT2D eigenvalue weighted by Gasteiger charge is 2.22. The molecule has 2 heterocycles. The highest BCUT2D eigenvalue weighted by atomic mass is 32.1. The van der Waals surface area contributed by atoms with E-state index in [0.717, 1.165) is 23.0 Å². The van der Waals surface area contributed by atoms with Gasteiger partial charge >= 0.3 is 0 Å². The number of H-pyrrole nitrogens is 1. The molecule has 3 aromatic rings. The van der Waals surface area contributed by atoms with Crippen LogP contribution >= 0.6 is 11.3 Å². The van der Waals surface area contributed by atoms with Crippen LogP contribution in [0.5, 0.6) is 0 Å². The molecule has 1 N–H and O–H groups in total. The number of aromatic nitrogens is 1. The Kier molecular flexibility index (Phi) is 3.90. The summed E-state index contributed by atoms with van der Waals surface area (Å²) in [6, 6.07) is 9.87. The molecule has 0 bridgehead atoms. The Morgan fingerprint density at radius 3 is 2.90 bits per heavy atom. The Morgan fingerprint density at radius 2 is 2.14 bits per heavy atom. The zero-order chi connectivity index (χ0) is 14.8. The van der Waals surface area contributed by atoms with E-state index in [1.54, 1.807) is 11.3 Å². The molecule has 0 saturated carbocycles. The highest BCUT2D eigenvalue weighted by molar-refractivity contribution is 7.07. The predicted molar refractivity (Wildman–Crippen MR) is 87.9 cm³/mol. The van der Waals surface area contributed by atoms with Crippen molar-refractivity contribution in [1.29, 1.82) is 0 Å². The van der Waals surface area contributed by atoms with E-state index in [2.05, 4.69) is 26.7 Å². The Morgan fingerprint density at radius 1 is 1.33 bits per heavy atom. The van der Waals surface area contributed by atoms with Crippen molar-refractivity contribution in [3.63, 3.8) is 0 Å². The SMILES string of the molecule is C[C@@H](C(=O)c1c[nH]c2ccccc12)N(C)Cc1ccsc1. The molecule has 3 nitrogen and oxygen atoms in total. The van der Waals surface area contributed by atoms with Gasteiger partial charge in [0.25, 0.3) is 0 Å². The fourth-order valence-electron chi connectivity index (χ4n) is 2.51. The van der Waals surface area contributed by atoms with Crippen molar-refractivity contribution in [2.45, 2.75) is 19.5 Å². The van der Waals surface area contributed by atoms with Gasteiger partial charge in [-0.2, -0.15) is 11.3 Å². The molecule has 0 aliphatic rings. The number of aromatic amines is 1. The zero-order valence-electron chi connectivity index (χ0n) is 12.2. The first-order valence-electron chi connectivity index (χ1n) is 6.98. The number of Topliss-reactive ketones (excluding diaryl/α,β-unsaturated/α-hetero) is 1. The Balaban J connectivity index is 1.80. The van der Waals surface area contributed by atoms with Crippen molar-refractivity contribution in [3.8, 4) is 0 Å². The molecule has 1 aromatic carbocycles. The van der Waals surface area contributed by atoms with Gasteiger partial charge in [-0.1, -0.05) is 18.2 Å². The van der Waals surface area contributed by atoms with Crippen LogP contribution < -0.4 is 0 Å². The fraction of sp³-hybridized carbons (Fsp3) is 0.235. The maximum Gasteiger partial charge on any atom is 0.181 e. The van der Waals surface area contributed by atoms with Crippen LogP contribution in [-0.4, -0.2) is 28.8 Å². The first-order chi connectivity index (χ1) is 10.2. The number of carbonyl (C=O) groups is 1. The zero-order valence-corrected chi connectivity index (χ0v) is 13.0. The van der Waals surface area contributed by atoms with Crippen molar-refractivity contribution in [2.75, 3.05) is 7.05 Å². The monoisotopic (exact) mass is 298 g/mol. The standard InChI is InChI=1S/C17H18N2OS/c1-12(19(2)10-13-7-8-21-11-13)17(20)15-9-18-16-6-4-3-5-14(15)16/h3-9,11-12,18H,10H2,1-2H3/t12-/m0/s1. The van der Waals surface area contributed by atoms with Crippen LogP contribution in [0.1, 0.15) is 22.8 Å². The molecule has 0 unspecified atom stereocenters. The maximum absolute atomic E-state index is 12.7. The Labute approximate surface area is 128 Å². The van der Waals surface area contributed by atoms with Crippen LogP contribution in [0.3, 0.4) is 0 Å². The summed E-state index contributed by atoms with van der Waals surface area (Å²) in [5.41, 5.74) is 3.03. The number of hydrogen-bond donors (Lipinski definition) is 1. The van der Waals surface area contributed by atoms with Crippen LogP contribution in [0.15, 0.2) is 47.3 Å². The lowest BCUT2D eigenvalue weighted by Gasteiger charge is -2.23. The van der Waals surface area contributed by atoms with Gasteiger partial charge in [0, 0.05) is 29.2 Å². The van der Waals surface area contributed by atoms with E-state index in [4.69, 9.17) is 0 Å². The number of carbonyl (C=O) groups excluding carboxylic acids is 1. The number of nitrogens with zero attached hydrogens (tertiary/aromatic N) is 1. The molecule has 0 amide bonds. The number of fused-ring (bicyclic) bond motifs is 1. The smallest absolute Gasteiger partial charge is 0.181 e. The maximum atomic E-state index is 12.7. The lowest BCUT2D eigenvalue weighted by molar-refractivity contribution is 0.0864. The molecule has 3 rings (SSSR count). The van der Waals surface area contributed by atoms with Crippen LogP contribution in [-0.2, 0) is 6.54 Å². The molecule has 2 aromatic heterocycles. The van der Waals surface area contributed by atoms with Crippen LogP contribution in [0, 0.1) is 0 Å².